The van der Waals surface area contributed by atoms with Gasteiger partial charge in [0.1, 0.15) is 0 Å². The molecule has 4 rings (SSSR count). The summed E-state index contributed by atoms with van der Waals surface area (Å²) in [5, 5.41) is 9.15. The number of nitriles is 1. The third-order valence-electron chi connectivity index (χ3n) is 6.34. The van der Waals surface area contributed by atoms with Crippen molar-refractivity contribution in [3.05, 3.63) is 34.3 Å². The van der Waals surface area contributed by atoms with Crippen molar-refractivity contribution >= 4 is 11.1 Å². The van der Waals surface area contributed by atoms with Gasteiger partial charge in [-0.15, -0.1) is 0 Å². The summed E-state index contributed by atoms with van der Waals surface area (Å²) in [6.07, 6.45) is 6.90. The maximum absolute atomic E-state index is 12.4. The second-order valence-corrected chi connectivity index (χ2v) is 7.93. The first-order chi connectivity index (χ1) is 13.2. The summed E-state index contributed by atoms with van der Waals surface area (Å²) >= 11 is 0. The smallest absolute Gasteiger partial charge is 0.408 e. The number of methoxy groups -OCH3 is 1. The highest BCUT2D eigenvalue weighted by atomic mass is 16.5. The zero-order valence-electron chi connectivity index (χ0n) is 15.9. The molecule has 0 bridgehead atoms. The van der Waals surface area contributed by atoms with E-state index in [1.54, 1.807) is 29.9 Å². The molecule has 1 saturated carbocycles. The molecule has 6 nitrogen and oxygen atoms in total. The monoisotopic (exact) mass is 369 g/mol. The van der Waals surface area contributed by atoms with Crippen LogP contribution < -0.4 is 5.76 Å². The molecule has 6 heteroatoms. The fourth-order valence-electron chi connectivity index (χ4n) is 4.87. The Morgan fingerprint density at radius 3 is 2.56 bits per heavy atom. The highest BCUT2D eigenvalue weighted by Gasteiger charge is 2.30. The van der Waals surface area contributed by atoms with E-state index in [2.05, 4.69) is 11.0 Å². The van der Waals surface area contributed by atoms with Crippen molar-refractivity contribution in [2.24, 2.45) is 5.92 Å². The number of benzene rings is 1. The molecule has 144 valence electrons. The van der Waals surface area contributed by atoms with Gasteiger partial charge < -0.3 is 14.1 Å². The lowest BCUT2D eigenvalue weighted by Gasteiger charge is -2.40. The van der Waals surface area contributed by atoms with E-state index in [1.807, 2.05) is 0 Å². The molecule has 0 amide bonds. The van der Waals surface area contributed by atoms with Gasteiger partial charge in [-0.1, -0.05) is 0 Å². The first kappa shape index (κ1) is 18.3. The fraction of sp³-hybridized carbons (Fsp3) is 0.619. The van der Waals surface area contributed by atoms with E-state index in [1.165, 1.54) is 25.7 Å². The van der Waals surface area contributed by atoms with Crippen LogP contribution in [0.3, 0.4) is 0 Å². The number of ether oxygens (including phenoxy) is 1. The van der Waals surface area contributed by atoms with Crippen LogP contribution in [0, 0.1) is 17.2 Å². The maximum Gasteiger partial charge on any atom is 0.420 e. The van der Waals surface area contributed by atoms with E-state index < -0.39 is 0 Å². The molecule has 1 aromatic heterocycles. The number of hydrogen-bond acceptors (Lipinski definition) is 5. The largest absolute Gasteiger partial charge is 0.420 e. The number of likely N-dealkylation sites (tertiary alicyclic amines) is 1. The maximum atomic E-state index is 12.4. The van der Waals surface area contributed by atoms with Crippen LogP contribution in [0.1, 0.15) is 50.1 Å². The van der Waals surface area contributed by atoms with Crippen LogP contribution in [-0.4, -0.2) is 42.3 Å². The first-order valence-corrected chi connectivity index (χ1v) is 9.97. The van der Waals surface area contributed by atoms with Crippen molar-refractivity contribution in [1.82, 2.24) is 9.47 Å². The van der Waals surface area contributed by atoms with Crippen molar-refractivity contribution in [3.63, 3.8) is 0 Å². The van der Waals surface area contributed by atoms with E-state index in [4.69, 9.17) is 14.4 Å². The molecule has 0 spiro atoms. The van der Waals surface area contributed by atoms with E-state index in [9.17, 15) is 4.79 Å². The van der Waals surface area contributed by atoms with E-state index >= 15 is 0 Å². The van der Waals surface area contributed by atoms with E-state index in [0.29, 0.717) is 23.1 Å². The highest BCUT2D eigenvalue weighted by molar-refractivity contribution is 5.75. The van der Waals surface area contributed by atoms with Gasteiger partial charge in [-0.2, -0.15) is 5.26 Å². The Balaban J connectivity index is 1.43. The number of aromatic nitrogens is 1. The molecule has 2 aliphatic rings. The van der Waals surface area contributed by atoms with Gasteiger partial charge >= 0.3 is 5.76 Å². The van der Waals surface area contributed by atoms with Gasteiger partial charge in [0.15, 0.2) is 5.58 Å². The molecule has 27 heavy (non-hydrogen) atoms. The minimum atomic E-state index is -0.307. The third kappa shape index (κ3) is 3.67. The third-order valence-corrected chi connectivity index (χ3v) is 6.34. The van der Waals surface area contributed by atoms with Gasteiger partial charge in [0.25, 0.3) is 0 Å². The normalized spacial score (nSPS) is 24.9. The molecule has 0 N–H and O–H groups in total. The van der Waals surface area contributed by atoms with E-state index in [0.717, 1.165) is 38.1 Å². The zero-order chi connectivity index (χ0) is 18.8. The molecule has 0 unspecified atom stereocenters. The van der Waals surface area contributed by atoms with Crippen LogP contribution in [0.15, 0.2) is 27.4 Å². The SMILES string of the molecule is COC[C@H]1CC[C@H](N2CCC(n3c(=O)oc4ccc(C#N)cc43)CC2)CC1. The summed E-state index contributed by atoms with van der Waals surface area (Å²) < 4.78 is 12.5. The van der Waals surface area contributed by atoms with Crippen LogP contribution in [0.25, 0.3) is 11.1 Å². The summed E-state index contributed by atoms with van der Waals surface area (Å²) in [6, 6.07) is 8.14. The average molecular weight is 369 g/mol. The average Bonchev–Trinajstić information content (AvgIpc) is 3.04. The van der Waals surface area contributed by atoms with Crippen molar-refractivity contribution in [3.8, 4) is 6.07 Å². The molecule has 0 radical (unpaired) electrons. The Labute approximate surface area is 159 Å². The van der Waals surface area contributed by atoms with Crippen LogP contribution in [0.4, 0.5) is 0 Å². The fourth-order valence-corrected chi connectivity index (χ4v) is 4.87. The molecule has 1 aliphatic carbocycles. The molecule has 1 aromatic carbocycles. The first-order valence-electron chi connectivity index (χ1n) is 9.97. The van der Waals surface area contributed by atoms with Crippen molar-refractivity contribution in [2.75, 3.05) is 26.8 Å². The number of oxazole rings is 1. The van der Waals surface area contributed by atoms with Gasteiger partial charge in [-0.05, 0) is 62.6 Å². The Hall–Kier alpha value is -2.10. The minimum Gasteiger partial charge on any atom is -0.408 e. The van der Waals surface area contributed by atoms with E-state index in [-0.39, 0.29) is 11.8 Å². The van der Waals surface area contributed by atoms with Crippen LogP contribution in [-0.2, 0) is 4.74 Å². The summed E-state index contributed by atoms with van der Waals surface area (Å²) in [5.41, 5.74) is 1.87. The number of nitrogens with zero attached hydrogens (tertiary/aromatic N) is 3. The number of hydrogen-bond donors (Lipinski definition) is 0. The molecule has 0 atom stereocenters. The molecule has 2 heterocycles. The highest BCUT2D eigenvalue weighted by Crippen LogP contribution is 2.32. The van der Waals surface area contributed by atoms with Crippen LogP contribution in [0.5, 0.6) is 0 Å². The van der Waals surface area contributed by atoms with Gasteiger partial charge in [-0.25, -0.2) is 4.79 Å². The predicted octanol–water partition coefficient (Wildman–Crippen LogP) is 3.31. The van der Waals surface area contributed by atoms with Gasteiger partial charge in [0.2, 0.25) is 0 Å². The van der Waals surface area contributed by atoms with Gasteiger partial charge in [-0.3, -0.25) is 4.57 Å². The lowest BCUT2D eigenvalue weighted by atomic mass is 9.85. The quantitative estimate of drug-likeness (QED) is 0.827. The Morgan fingerprint density at radius 1 is 1.15 bits per heavy atom. The second kappa shape index (κ2) is 7.87. The standard InChI is InChI=1S/C21H27N3O3/c1-26-14-15-2-5-17(6-3-15)23-10-8-18(9-11-23)24-19-12-16(13-22)4-7-20(19)27-21(24)25/h4,7,12,15,17-18H,2-3,5-6,8-11,14H2,1H3/t15-,17-. The lowest BCUT2D eigenvalue weighted by Crippen LogP contribution is -2.44. The Bertz CT molecular complexity index is 878. The lowest BCUT2D eigenvalue weighted by molar-refractivity contribution is 0.0710. The molecular weight excluding hydrogens is 342 g/mol. The second-order valence-electron chi connectivity index (χ2n) is 7.93. The zero-order valence-corrected chi connectivity index (χ0v) is 15.9. The van der Waals surface area contributed by atoms with Crippen molar-refractivity contribution in [1.29, 1.82) is 5.26 Å². The van der Waals surface area contributed by atoms with Crippen molar-refractivity contribution < 1.29 is 9.15 Å². The Kier molecular flexibility index (Phi) is 5.33. The summed E-state index contributed by atoms with van der Waals surface area (Å²) in [7, 11) is 1.79. The van der Waals surface area contributed by atoms with Gasteiger partial charge in [0.05, 0.1) is 17.1 Å². The number of rotatable bonds is 4. The topological polar surface area (TPSA) is 71.4 Å². The van der Waals surface area contributed by atoms with Crippen molar-refractivity contribution in [2.45, 2.75) is 50.6 Å². The minimum absolute atomic E-state index is 0.147. The van der Waals surface area contributed by atoms with Gasteiger partial charge in [0, 0.05) is 38.9 Å². The van der Waals surface area contributed by atoms with Crippen LogP contribution >= 0.6 is 0 Å². The predicted molar refractivity (Wildman–Crippen MR) is 103 cm³/mol. The molecule has 2 aromatic rings. The number of piperidine rings is 1. The van der Waals surface area contributed by atoms with Crippen LogP contribution in [0.2, 0.25) is 0 Å². The summed E-state index contributed by atoms with van der Waals surface area (Å²) in [5.74, 6) is 0.410. The summed E-state index contributed by atoms with van der Waals surface area (Å²) in [6.45, 7) is 2.92. The molecule has 2 fully saturated rings. The molecule has 1 aliphatic heterocycles. The molecule has 1 saturated heterocycles. The molecular formula is C21H27N3O3. The Morgan fingerprint density at radius 2 is 1.89 bits per heavy atom. The number of fused-ring (bicyclic) bond motifs is 1. The summed E-state index contributed by atoms with van der Waals surface area (Å²) in [4.78, 5) is 15.0.